The number of amides is 1. The van der Waals surface area contributed by atoms with E-state index in [1.165, 1.54) is 0 Å². The number of piperazine rings is 1. The van der Waals surface area contributed by atoms with Crippen molar-refractivity contribution in [3.63, 3.8) is 0 Å². The first-order chi connectivity index (χ1) is 8.13. The highest BCUT2D eigenvalue weighted by molar-refractivity contribution is 7.80. The first-order valence-corrected chi connectivity index (χ1v) is 6.56. The molecule has 17 heavy (non-hydrogen) atoms. The number of rotatable bonds is 5. The quantitative estimate of drug-likeness (QED) is 0.629. The third-order valence-corrected chi connectivity index (χ3v) is 3.28. The monoisotopic (exact) mass is 256 g/mol. The number of thiocarbonyl (C=S) groups is 1. The number of carbonyl (C=O) groups excluding carboxylic acids is 1. The topological polar surface area (TPSA) is 61.6 Å². The Morgan fingerprint density at radius 2 is 1.71 bits per heavy atom. The minimum atomic E-state index is 0.162. The molecule has 1 aliphatic heterocycles. The number of carbonyl (C=O) groups is 1. The van der Waals surface area contributed by atoms with Crippen LogP contribution in [0.15, 0.2) is 0 Å². The Hall–Kier alpha value is -0.720. The molecule has 1 amide bonds. The number of nitrogens with zero attached hydrogens (tertiary/aromatic N) is 2. The fraction of sp³-hybridized carbons (Fsp3) is 0.818. The molecule has 0 aromatic carbocycles. The van der Waals surface area contributed by atoms with Crippen molar-refractivity contribution in [2.75, 3.05) is 39.3 Å². The van der Waals surface area contributed by atoms with Crippen LogP contribution in [0.5, 0.6) is 0 Å². The summed E-state index contributed by atoms with van der Waals surface area (Å²) < 4.78 is 0. The van der Waals surface area contributed by atoms with Crippen LogP contribution in [0, 0.1) is 0 Å². The summed E-state index contributed by atoms with van der Waals surface area (Å²) in [7, 11) is 0. The minimum Gasteiger partial charge on any atom is -0.392 e. The zero-order chi connectivity index (χ0) is 12.3. The zero-order valence-corrected chi connectivity index (χ0v) is 10.8. The summed E-state index contributed by atoms with van der Waals surface area (Å²) in [4.78, 5) is 16.6. The van der Waals surface area contributed by atoms with Gasteiger partial charge in [0.05, 0.1) is 11.5 Å². The van der Waals surface area contributed by atoms with Gasteiger partial charge in [-0.1, -0.05) is 12.2 Å². The standard InChI is InChI=1S/C11H20N4OS/c12-10(17)7-14-3-5-15(6-4-14)8-11(16)13-9-1-2-9/h9H,1-8H2,(H2,12,17)(H,13,16). The lowest BCUT2D eigenvalue weighted by Crippen LogP contribution is -2.51. The summed E-state index contributed by atoms with van der Waals surface area (Å²) in [6, 6.07) is 0.457. The molecule has 2 rings (SSSR count). The lowest BCUT2D eigenvalue weighted by atomic mass is 10.3. The van der Waals surface area contributed by atoms with Crippen molar-refractivity contribution in [3.8, 4) is 0 Å². The van der Waals surface area contributed by atoms with Crippen molar-refractivity contribution in [1.29, 1.82) is 0 Å². The predicted octanol–water partition coefficient (Wildman–Crippen LogP) is -0.831. The van der Waals surface area contributed by atoms with Crippen molar-refractivity contribution in [2.24, 2.45) is 5.73 Å². The molecular weight excluding hydrogens is 236 g/mol. The fourth-order valence-electron chi connectivity index (χ4n) is 2.03. The third kappa shape index (κ3) is 4.57. The highest BCUT2D eigenvalue weighted by Gasteiger charge is 2.25. The Labute approximate surface area is 107 Å². The zero-order valence-electron chi connectivity index (χ0n) is 10.0. The molecule has 6 heteroatoms. The largest absolute Gasteiger partial charge is 0.392 e. The molecule has 1 heterocycles. The number of hydrogen-bond donors (Lipinski definition) is 2. The summed E-state index contributed by atoms with van der Waals surface area (Å²) in [5.41, 5.74) is 5.51. The molecule has 96 valence electrons. The first kappa shape index (κ1) is 12.7. The van der Waals surface area contributed by atoms with Gasteiger partial charge in [0.2, 0.25) is 5.91 Å². The van der Waals surface area contributed by atoms with Gasteiger partial charge in [0.25, 0.3) is 0 Å². The molecule has 0 radical (unpaired) electrons. The van der Waals surface area contributed by atoms with Gasteiger partial charge in [0.15, 0.2) is 0 Å². The van der Waals surface area contributed by atoms with E-state index in [0.29, 0.717) is 24.1 Å². The van der Waals surface area contributed by atoms with Crippen LogP contribution in [-0.4, -0.2) is 66.0 Å². The van der Waals surface area contributed by atoms with E-state index < -0.39 is 0 Å². The molecule has 0 bridgehead atoms. The second-order valence-electron chi connectivity index (χ2n) is 4.86. The third-order valence-electron chi connectivity index (χ3n) is 3.15. The maximum absolute atomic E-state index is 11.6. The molecule has 2 fully saturated rings. The van der Waals surface area contributed by atoms with Gasteiger partial charge in [0, 0.05) is 38.8 Å². The van der Waals surface area contributed by atoms with Crippen molar-refractivity contribution in [3.05, 3.63) is 0 Å². The highest BCUT2D eigenvalue weighted by Crippen LogP contribution is 2.18. The van der Waals surface area contributed by atoms with Gasteiger partial charge in [0.1, 0.15) is 0 Å². The second kappa shape index (κ2) is 5.75. The van der Waals surface area contributed by atoms with Gasteiger partial charge >= 0.3 is 0 Å². The molecular formula is C11H20N4OS. The summed E-state index contributed by atoms with van der Waals surface area (Å²) in [6.45, 7) is 4.93. The smallest absolute Gasteiger partial charge is 0.234 e. The van der Waals surface area contributed by atoms with Crippen LogP contribution >= 0.6 is 12.2 Å². The van der Waals surface area contributed by atoms with E-state index in [-0.39, 0.29) is 5.91 Å². The van der Waals surface area contributed by atoms with E-state index >= 15 is 0 Å². The van der Waals surface area contributed by atoms with Crippen LogP contribution in [0.2, 0.25) is 0 Å². The van der Waals surface area contributed by atoms with Gasteiger partial charge in [-0.2, -0.15) is 0 Å². The fourth-order valence-corrected chi connectivity index (χ4v) is 2.21. The van der Waals surface area contributed by atoms with Gasteiger partial charge in [-0.25, -0.2) is 0 Å². The predicted molar refractivity (Wildman–Crippen MR) is 70.8 cm³/mol. The van der Waals surface area contributed by atoms with E-state index in [2.05, 4.69) is 15.1 Å². The molecule has 1 saturated carbocycles. The number of nitrogens with two attached hydrogens (primary N) is 1. The Morgan fingerprint density at radius 3 is 2.18 bits per heavy atom. The molecule has 2 aliphatic rings. The maximum atomic E-state index is 11.6. The summed E-state index contributed by atoms with van der Waals surface area (Å²) in [6.07, 6.45) is 2.29. The molecule has 1 saturated heterocycles. The van der Waals surface area contributed by atoms with Crippen LogP contribution in [0.25, 0.3) is 0 Å². The highest BCUT2D eigenvalue weighted by atomic mass is 32.1. The van der Waals surface area contributed by atoms with Crippen LogP contribution in [0.4, 0.5) is 0 Å². The Balaban J connectivity index is 1.64. The molecule has 0 aromatic heterocycles. The Bertz CT molecular complexity index is 298. The molecule has 3 N–H and O–H groups in total. The van der Waals surface area contributed by atoms with E-state index in [4.69, 9.17) is 18.0 Å². The van der Waals surface area contributed by atoms with E-state index in [9.17, 15) is 4.79 Å². The summed E-state index contributed by atoms with van der Waals surface area (Å²) in [5.74, 6) is 0.162. The van der Waals surface area contributed by atoms with E-state index in [1.54, 1.807) is 0 Å². The molecule has 0 spiro atoms. The van der Waals surface area contributed by atoms with Crippen LogP contribution in [0.1, 0.15) is 12.8 Å². The van der Waals surface area contributed by atoms with E-state index in [0.717, 1.165) is 39.0 Å². The van der Waals surface area contributed by atoms with Crippen molar-refractivity contribution in [1.82, 2.24) is 15.1 Å². The van der Waals surface area contributed by atoms with Crippen molar-refractivity contribution < 1.29 is 4.79 Å². The minimum absolute atomic E-state index is 0.162. The van der Waals surface area contributed by atoms with Gasteiger partial charge in [-0.3, -0.25) is 14.6 Å². The Morgan fingerprint density at radius 1 is 1.18 bits per heavy atom. The van der Waals surface area contributed by atoms with Crippen molar-refractivity contribution in [2.45, 2.75) is 18.9 Å². The maximum Gasteiger partial charge on any atom is 0.234 e. The molecule has 0 unspecified atom stereocenters. The second-order valence-corrected chi connectivity index (χ2v) is 5.38. The van der Waals surface area contributed by atoms with Gasteiger partial charge < -0.3 is 11.1 Å². The average Bonchev–Trinajstić information content (AvgIpc) is 3.04. The first-order valence-electron chi connectivity index (χ1n) is 6.16. The normalized spacial score (nSPS) is 22.4. The van der Waals surface area contributed by atoms with E-state index in [1.807, 2.05) is 0 Å². The van der Waals surface area contributed by atoms with Crippen LogP contribution < -0.4 is 11.1 Å². The SMILES string of the molecule is NC(=S)CN1CCN(CC(=O)NC2CC2)CC1. The number of nitrogens with one attached hydrogen (secondary N) is 1. The van der Waals surface area contributed by atoms with Crippen LogP contribution in [-0.2, 0) is 4.79 Å². The Kier molecular flexibility index (Phi) is 4.31. The molecule has 0 aromatic rings. The summed E-state index contributed by atoms with van der Waals surface area (Å²) >= 11 is 4.89. The van der Waals surface area contributed by atoms with Crippen molar-refractivity contribution >= 4 is 23.1 Å². The average molecular weight is 256 g/mol. The molecule has 5 nitrogen and oxygen atoms in total. The number of hydrogen-bond acceptors (Lipinski definition) is 4. The van der Waals surface area contributed by atoms with Gasteiger partial charge in [-0.15, -0.1) is 0 Å². The molecule has 0 atom stereocenters. The lowest BCUT2D eigenvalue weighted by molar-refractivity contribution is -0.122. The summed E-state index contributed by atoms with van der Waals surface area (Å²) in [5, 5.41) is 3.01. The van der Waals surface area contributed by atoms with Gasteiger partial charge in [-0.05, 0) is 12.8 Å². The molecule has 1 aliphatic carbocycles. The van der Waals surface area contributed by atoms with Crippen LogP contribution in [0.3, 0.4) is 0 Å². The lowest BCUT2D eigenvalue weighted by Gasteiger charge is -2.33.